The molecule has 1 amide bonds. The van der Waals surface area contributed by atoms with Crippen molar-refractivity contribution in [3.05, 3.63) is 95.6 Å². The third-order valence-electron chi connectivity index (χ3n) is 4.93. The van der Waals surface area contributed by atoms with E-state index in [1.54, 1.807) is 36.4 Å². The molecule has 3 aromatic rings. The smallest absolute Gasteiger partial charge is 0.264 e. The number of nitrogens with one attached hydrogen (secondary N) is 1. The monoisotopic (exact) mass is 452 g/mol. The van der Waals surface area contributed by atoms with Gasteiger partial charge in [0.15, 0.2) is 0 Å². The molecule has 0 atom stereocenters. The van der Waals surface area contributed by atoms with Gasteiger partial charge in [0, 0.05) is 19.2 Å². The molecule has 0 aliphatic heterocycles. The fraction of sp³-hybridized carbons (Fsp3) is 0.240. The van der Waals surface area contributed by atoms with E-state index in [1.807, 2.05) is 44.2 Å². The van der Waals surface area contributed by atoms with Crippen LogP contribution in [0.1, 0.15) is 35.3 Å². The first-order valence-electron chi connectivity index (χ1n) is 10.4. The molecule has 0 aliphatic rings. The average Bonchev–Trinajstić information content (AvgIpc) is 2.82. The van der Waals surface area contributed by atoms with Crippen LogP contribution in [-0.2, 0) is 27.9 Å². The van der Waals surface area contributed by atoms with Gasteiger partial charge < -0.3 is 10.1 Å². The number of benzene rings is 3. The summed E-state index contributed by atoms with van der Waals surface area (Å²) in [5, 5.41) is 2.85. The van der Waals surface area contributed by atoms with Gasteiger partial charge >= 0.3 is 0 Å². The number of hydrogen-bond acceptors (Lipinski definition) is 4. The van der Waals surface area contributed by atoms with Gasteiger partial charge in [0.25, 0.3) is 15.9 Å². The van der Waals surface area contributed by atoms with Gasteiger partial charge in [-0.1, -0.05) is 48.5 Å². The normalized spacial score (nSPS) is 11.4. The van der Waals surface area contributed by atoms with Crippen LogP contribution in [0.3, 0.4) is 0 Å². The Morgan fingerprint density at radius 2 is 1.59 bits per heavy atom. The summed E-state index contributed by atoms with van der Waals surface area (Å²) in [7, 11) is -2.30. The van der Waals surface area contributed by atoms with E-state index in [0.29, 0.717) is 18.8 Å². The van der Waals surface area contributed by atoms with Crippen LogP contribution in [0.25, 0.3) is 0 Å². The molecule has 6 nitrogen and oxygen atoms in total. The Hall–Kier alpha value is -3.16. The predicted octanol–water partition coefficient (Wildman–Crippen LogP) is 4.37. The Morgan fingerprint density at radius 3 is 2.25 bits per heavy atom. The average molecular weight is 453 g/mol. The Bertz CT molecular complexity index is 1140. The van der Waals surface area contributed by atoms with E-state index in [9.17, 15) is 13.2 Å². The maximum absolute atomic E-state index is 13.0. The molecule has 3 rings (SSSR count). The summed E-state index contributed by atoms with van der Waals surface area (Å²) in [6.07, 6.45) is 0.168. The van der Waals surface area contributed by atoms with Crippen LogP contribution < -0.4 is 9.62 Å². The van der Waals surface area contributed by atoms with Crippen molar-refractivity contribution in [1.29, 1.82) is 0 Å². The van der Waals surface area contributed by atoms with Gasteiger partial charge in [0.05, 0.1) is 23.3 Å². The highest BCUT2D eigenvalue weighted by molar-refractivity contribution is 7.92. The molecule has 0 unspecified atom stereocenters. The van der Waals surface area contributed by atoms with Gasteiger partial charge in [-0.25, -0.2) is 8.42 Å². The summed E-state index contributed by atoms with van der Waals surface area (Å²) in [6.45, 7) is 4.86. The number of nitrogens with zero attached hydrogens (tertiary/aromatic N) is 1. The van der Waals surface area contributed by atoms with Crippen LogP contribution in [0.5, 0.6) is 0 Å². The zero-order valence-electron chi connectivity index (χ0n) is 18.5. The van der Waals surface area contributed by atoms with Crippen LogP contribution in [0, 0.1) is 0 Å². The fourth-order valence-electron chi connectivity index (χ4n) is 3.03. The Balaban J connectivity index is 1.66. The van der Waals surface area contributed by atoms with E-state index in [4.69, 9.17) is 4.74 Å². The van der Waals surface area contributed by atoms with Crippen LogP contribution in [0.15, 0.2) is 83.8 Å². The van der Waals surface area contributed by atoms with Gasteiger partial charge in [0.1, 0.15) is 0 Å². The maximum atomic E-state index is 13.0. The highest BCUT2D eigenvalue weighted by Gasteiger charge is 2.22. The van der Waals surface area contributed by atoms with E-state index >= 15 is 0 Å². The van der Waals surface area contributed by atoms with Crippen molar-refractivity contribution in [2.75, 3.05) is 11.4 Å². The van der Waals surface area contributed by atoms with Crippen molar-refractivity contribution < 1.29 is 17.9 Å². The molecule has 0 spiro atoms. The predicted molar refractivity (Wildman–Crippen MR) is 126 cm³/mol. The lowest BCUT2D eigenvalue weighted by Gasteiger charge is -2.19. The topological polar surface area (TPSA) is 75.7 Å². The molecule has 0 aromatic heterocycles. The quantitative estimate of drug-likeness (QED) is 0.523. The second-order valence-corrected chi connectivity index (χ2v) is 9.66. The number of amides is 1. The molecular weight excluding hydrogens is 424 g/mol. The second-order valence-electron chi connectivity index (χ2n) is 7.69. The highest BCUT2D eigenvalue weighted by atomic mass is 32.2. The minimum atomic E-state index is -3.79. The molecule has 3 aromatic carbocycles. The summed E-state index contributed by atoms with van der Waals surface area (Å²) >= 11 is 0. The minimum Gasteiger partial charge on any atom is -0.374 e. The molecule has 0 bridgehead atoms. The third kappa shape index (κ3) is 5.96. The number of para-hydroxylation sites is 1. The van der Waals surface area contributed by atoms with E-state index in [2.05, 4.69) is 5.32 Å². The largest absolute Gasteiger partial charge is 0.374 e. The zero-order chi connectivity index (χ0) is 23.1. The molecule has 1 N–H and O–H groups in total. The fourth-order valence-corrected chi connectivity index (χ4v) is 4.28. The van der Waals surface area contributed by atoms with Crippen LogP contribution in [-0.4, -0.2) is 27.5 Å². The zero-order valence-corrected chi connectivity index (χ0v) is 19.3. The van der Waals surface area contributed by atoms with Crippen LogP contribution >= 0.6 is 0 Å². The number of anilines is 1. The van der Waals surface area contributed by atoms with Gasteiger partial charge in [-0.05, 0) is 55.3 Å². The summed E-state index contributed by atoms with van der Waals surface area (Å²) in [4.78, 5) is 12.7. The number of rotatable bonds is 9. The summed E-state index contributed by atoms with van der Waals surface area (Å²) in [5.41, 5.74) is 2.84. The molecule has 0 fully saturated rings. The third-order valence-corrected chi connectivity index (χ3v) is 6.72. The standard InChI is InChI=1S/C25H28N2O4S/c1-19(2)31-18-21-14-12-20(13-15-21)17-26-25(28)22-8-7-11-24(16-22)32(29,30)27(3)23-9-5-4-6-10-23/h4-16,19H,17-18H2,1-3H3,(H,26,28). The van der Waals surface area contributed by atoms with Crippen molar-refractivity contribution in [1.82, 2.24) is 5.32 Å². The van der Waals surface area contributed by atoms with Crippen molar-refractivity contribution >= 4 is 21.6 Å². The number of hydrogen-bond donors (Lipinski definition) is 1. The Labute approximate surface area is 189 Å². The first-order chi connectivity index (χ1) is 15.3. The SMILES string of the molecule is CC(C)OCc1ccc(CNC(=O)c2cccc(S(=O)(=O)N(C)c3ccccc3)c2)cc1. The summed E-state index contributed by atoms with van der Waals surface area (Å²) < 4.78 is 32.8. The number of ether oxygens (including phenoxy) is 1. The lowest BCUT2D eigenvalue weighted by atomic mass is 10.1. The van der Waals surface area contributed by atoms with E-state index in [0.717, 1.165) is 11.1 Å². The lowest BCUT2D eigenvalue weighted by molar-refractivity contribution is 0.0657. The second kappa shape index (κ2) is 10.4. The van der Waals surface area contributed by atoms with Crippen LogP contribution in [0.2, 0.25) is 0 Å². The van der Waals surface area contributed by atoms with E-state index in [1.165, 1.54) is 23.5 Å². The first kappa shape index (κ1) is 23.5. The summed E-state index contributed by atoms with van der Waals surface area (Å²) in [6, 6.07) is 22.7. The van der Waals surface area contributed by atoms with Crippen molar-refractivity contribution in [3.8, 4) is 0 Å². The minimum absolute atomic E-state index is 0.0611. The molecule has 0 saturated carbocycles. The lowest BCUT2D eigenvalue weighted by Crippen LogP contribution is -2.27. The van der Waals surface area contributed by atoms with Crippen molar-refractivity contribution in [2.45, 2.75) is 38.0 Å². The van der Waals surface area contributed by atoms with Crippen molar-refractivity contribution in [2.24, 2.45) is 0 Å². The van der Waals surface area contributed by atoms with E-state index in [-0.39, 0.29) is 22.5 Å². The highest BCUT2D eigenvalue weighted by Crippen LogP contribution is 2.22. The number of sulfonamides is 1. The van der Waals surface area contributed by atoms with Crippen molar-refractivity contribution in [3.63, 3.8) is 0 Å². The Morgan fingerprint density at radius 1 is 0.938 bits per heavy atom. The molecule has 7 heteroatoms. The van der Waals surface area contributed by atoms with Gasteiger partial charge in [0.2, 0.25) is 0 Å². The van der Waals surface area contributed by atoms with Crippen LogP contribution in [0.4, 0.5) is 5.69 Å². The molecule has 32 heavy (non-hydrogen) atoms. The first-order valence-corrected chi connectivity index (χ1v) is 11.8. The Kier molecular flexibility index (Phi) is 7.66. The summed E-state index contributed by atoms with van der Waals surface area (Å²) in [5.74, 6) is -0.336. The van der Waals surface area contributed by atoms with Gasteiger partial charge in [-0.3, -0.25) is 9.10 Å². The molecular formula is C25H28N2O4S. The van der Waals surface area contributed by atoms with Gasteiger partial charge in [-0.2, -0.15) is 0 Å². The van der Waals surface area contributed by atoms with E-state index < -0.39 is 10.0 Å². The number of carbonyl (C=O) groups is 1. The molecule has 0 saturated heterocycles. The molecule has 0 aliphatic carbocycles. The molecule has 0 heterocycles. The van der Waals surface area contributed by atoms with Gasteiger partial charge in [-0.15, -0.1) is 0 Å². The molecule has 168 valence electrons. The number of carbonyl (C=O) groups excluding carboxylic acids is 1. The maximum Gasteiger partial charge on any atom is 0.264 e. The molecule has 0 radical (unpaired) electrons.